The van der Waals surface area contributed by atoms with Crippen molar-refractivity contribution in [2.45, 2.75) is 33.1 Å². The molecule has 4 nitrogen and oxygen atoms in total. The van der Waals surface area contributed by atoms with Crippen molar-refractivity contribution in [1.82, 2.24) is 14.3 Å². The van der Waals surface area contributed by atoms with E-state index in [1.807, 2.05) is 34.6 Å². The monoisotopic (exact) mass is 257 g/mol. The van der Waals surface area contributed by atoms with E-state index in [0.29, 0.717) is 0 Å². The highest BCUT2D eigenvalue weighted by Crippen LogP contribution is 2.19. The first-order valence-corrected chi connectivity index (χ1v) is 6.97. The third-order valence-electron chi connectivity index (χ3n) is 3.78. The number of carbonyl (C=O) groups excluding carboxylic acids is 1. The Labute approximate surface area is 113 Å². The number of likely N-dealkylation sites (tertiary alicyclic amines) is 1. The lowest BCUT2D eigenvalue weighted by Gasteiger charge is -2.15. The number of amides is 1. The SMILES string of the molecule is CCc1nc2cc(C)ccn2c1C(=O)N1CCCC1. The van der Waals surface area contributed by atoms with Gasteiger partial charge in [0.2, 0.25) is 0 Å². The number of nitrogens with zero attached hydrogens (tertiary/aromatic N) is 3. The Morgan fingerprint density at radius 1 is 1.37 bits per heavy atom. The summed E-state index contributed by atoms with van der Waals surface area (Å²) >= 11 is 0. The average Bonchev–Trinajstić information content (AvgIpc) is 3.04. The van der Waals surface area contributed by atoms with Gasteiger partial charge in [0, 0.05) is 19.3 Å². The van der Waals surface area contributed by atoms with Crippen LogP contribution in [0.15, 0.2) is 18.3 Å². The summed E-state index contributed by atoms with van der Waals surface area (Å²) in [5.41, 5.74) is 3.70. The molecule has 100 valence electrons. The molecular weight excluding hydrogens is 238 g/mol. The van der Waals surface area contributed by atoms with Gasteiger partial charge in [-0.25, -0.2) is 4.98 Å². The van der Waals surface area contributed by atoms with Crippen LogP contribution in [0.25, 0.3) is 5.65 Å². The number of carbonyl (C=O) groups is 1. The fraction of sp³-hybridized carbons (Fsp3) is 0.467. The van der Waals surface area contributed by atoms with Gasteiger partial charge in [-0.15, -0.1) is 0 Å². The molecule has 1 aliphatic rings. The third kappa shape index (κ3) is 2.01. The van der Waals surface area contributed by atoms with E-state index in [0.717, 1.165) is 49.4 Å². The maximum Gasteiger partial charge on any atom is 0.272 e. The number of imidazole rings is 1. The number of rotatable bonds is 2. The van der Waals surface area contributed by atoms with Crippen molar-refractivity contribution >= 4 is 11.6 Å². The van der Waals surface area contributed by atoms with E-state index in [1.54, 1.807) is 0 Å². The zero-order chi connectivity index (χ0) is 13.4. The first-order valence-electron chi connectivity index (χ1n) is 6.97. The van der Waals surface area contributed by atoms with Gasteiger partial charge in [0.1, 0.15) is 11.3 Å². The van der Waals surface area contributed by atoms with E-state index in [4.69, 9.17) is 0 Å². The molecule has 0 atom stereocenters. The molecule has 0 radical (unpaired) electrons. The van der Waals surface area contributed by atoms with E-state index in [1.165, 1.54) is 5.56 Å². The highest BCUT2D eigenvalue weighted by atomic mass is 16.2. The molecule has 1 aliphatic heterocycles. The van der Waals surface area contributed by atoms with Crippen LogP contribution in [-0.4, -0.2) is 33.3 Å². The minimum atomic E-state index is 0.130. The minimum Gasteiger partial charge on any atom is -0.337 e. The summed E-state index contributed by atoms with van der Waals surface area (Å²) in [6, 6.07) is 4.05. The van der Waals surface area contributed by atoms with Gasteiger partial charge in [-0.05, 0) is 43.9 Å². The normalized spacial score (nSPS) is 15.4. The lowest BCUT2D eigenvalue weighted by molar-refractivity contribution is 0.0785. The Morgan fingerprint density at radius 3 is 2.79 bits per heavy atom. The van der Waals surface area contributed by atoms with Crippen molar-refractivity contribution in [1.29, 1.82) is 0 Å². The third-order valence-corrected chi connectivity index (χ3v) is 3.78. The van der Waals surface area contributed by atoms with Crippen molar-refractivity contribution in [3.63, 3.8) is 0 Å². The highest BCUT2D eigenvalue weighted by Gasteiger charge is 2.25. The van der Waals surface area contributed by atoms with Crippen LogP contribution in [0.4, 0.5) is 0 Å². The lowest BCUT2D eigenvalue weighted by Crippen LogP contribution is -2.29. The second kappa shape index (κ2) is 4.68. The molecule has 3 heterocycles. The predicted molar refractivity (Wildman–Crippen MR) is 74.4 cm³/mol. The van der Waals surface area contributed by atoms with E-state index >= 15 is 0 Å². The highest BCUT2D eigenvalue weighted by molar-refractivity contribution is 5.95. The van der Waals surface area contributed by atoms with Crippen molar-refractivity contribution in [2.24, 2.45) is 0 Å². The smallest absolute Gasteiger partial charge is 0.272 e. The van der Waals surface area contributed by atoms with Gasteiger partial charge >= 0.3 is 0 Å². The molecule has 2 aromatic heterocycles. The molecule has 0 N–H and O–H groups in total. The summed E-state index contributed by atoms with van der Waals surface area (Å²) in [6.07, 6.45) is 4.97. The van der Waals surface area contributed by atoms with Gasteiger partial charge in [0.15, 0.2) is 0 Å². The summed E-state index contributed by atoms with van der Waals surface area (Å²) in [5, 5.41) is 0. The fourth-order valence-corrected chi connectivity index (χ4v) is 2.74. The predicted octanol–water partition coefficient (Wildman–Crippen LogP) is 2.44. The summed E-state index contributed by atoms with van der Waals surface area (Å²) in [4.78, 5) is 19.2. The summed E-state index contributed by atoms with van der Waals surface area (Å²) in [6.45, 7) is 5.85. The second-order valence-corrected chi connectivity index (χ2v) is 5.19. The molecule has 0 bridgehead atoms. The molecular formula is C15H19N3O. The van der Waals surface area contributed by atoms with Gasteiger partial charge in [-0.1, -0.05) is 6.92 Å². The summed E-state index contributed by atoms with van der Waals surface area (Å²) < 4.78 is 1.94. The van der Waals surface area contributed by atoms with Crippen molar-refractivity contribution in [3.8, 4) is 0 Å². The Kier molecular flexibility index (Phi) is 3.01. The van der Waals surface area contributed by atoms with Crippen LogP contribution < -0.4 is 0 Å². The molecule has 1 fully saturated rings. The van der Waals surface area contributed by atoms with Gasteiger partial charge in [0.25, 0.3) is 5.91 Å². The van der Waals surface area contributed by atoms with Gasteiger partial charge in [0.05, 0.1) is 5.69 Å². The van der Waals surface area contributed by atoms with E-state index < -0.39 is 0 Å². The topological polar surface area (TPSA) is 37.6 Å². The Bertz CT molecular complexity index is 624. The minimum absolute atomic E-state index is 0.130. The Balaban J connectivity index is 2.12. The van der Waals surface area contributed by atoms with E-state index in [-0.39, 0.29) is 5.91 Å². The van der Waals surface area contributed by atoms with Crippen LogP contribution >= 0.6 is 0 Å². The number of aromatic nitrogens is 2. The van der Waals surface area contributed by atoms with Crippen molar-refractivity contribution in [3.05, 3.63) is 35.3 Å². The van der Waals surface area contributed by atoms with Crippen LogP contribution in [0.1, 0.15) is 41.5 Å². The Morgan fingerprint density at radius 2 is 2.11 bits per heavy atom. The first kappa shape index (κ1) is 12.2. The van der Waals surface area contributed by atoms with Crippen LogP contribution in [-0.2, 0) is 6.42 Å². The quantitative estimate of drug-likeness (QED) is 0.828. The summed E-state index contributed by atoms with van der Waals surface area (Å²) in [7, 11) is 0. The molecule has 0 saturated carbocycles. The molecule has 1 amide bonds. The number of hydrogen-bond donors (Lipinski definition) is 0. The number of aryl methyl sites for hydroxylation is 2. The maximum absolute atomic E-state index is 12.7. The molecule has 1 saturated heterocycles. The molecule has 4 heteroatoms. The van der Waals surface area contributed by atoms with Gasteiger partial charge < -0.3 is 4.90 Å². The second-order valence-electron chi connectivity index (χ2n) is 5.19. The van der Waals surface area contributed by atoms with E-state index in [9.17, 15) is 4.79 Å². The molecule has 0 spiro atoms. The average molecular weight is 257 g/mol. The van der Waals surface area contributed by atoms with Crippen molar-refractivity contribution < 1.29 is 4.79 Å². The fourth-order valence-electron chi connectivity index (χ4n) is 2.74. The molecule has 0 aromatic carbocycles. The number of hydrogen-bond acceptors (Lipinski definition) is 2. The standard InChI is InChI=1S/C15H19N3O/c1-3-12-14(15(19)17-7-4-5-8-17)18-9-6-11(2)10-13(18)16-12/h6,9-10H,3-5,7-8H2,1-2H3. The van der Waals surface area contributed by atoms with Crippen LogP contribution in [0.5, 0.6) is 0 Å². The Hall–Kier alpha value is -1.84. The van der Waals surface area contributed by atoms with Gasteiger partial charge in [-0.3, -0.25) is 9.20 Å². The van der Waals surface area contributed by atoms with Crippen LogP contribution in [0.3, 0.4) is 0 Å². The molecule has 0 aliphatic carbocycles. The number of fused-ring (bicyclic) bond motifs is 1. The molecule has 3 rings (SSSR count). The van der Waals surface area contributed by atoms with Crippen LogP contribution in [0.2, 0.25) is 0 Å². The first-order chi connectivity index (χ1) is 9.20. The van der Waals surface area contributed by atoms with Gasteiger partial charge in [-0.2, -0.15) is 0 Å². The van der Waals surface area contributed by atoms with Crippen molar-refractivity contribution in [2.75, 3.05) is 13.1 Å². The molecule has 2 aromatic rings. The number of pyridine rings is 1. The molecule has 19 heavy (non-hydrogen) atoms. The summed E-state index contributed by atoms with van der Waals surface area (Å²) in [5.74, 6) is 0.130. The zero-order valence-corrected chi connectivity index (χ0v) is 11.5. The van der Waals surface area contributed by atoms with Crippen LogP contribution in [0, 0.1) is 6.92 Å². The maximum atomic E-state index is 12.7. The zero-order valence-electron chi connectivity index (χ0n) is 11.5. The largest absolute Gasteiger partial charge is 0.337 e. The lowest BCUT2D eigenvalue weighted by atomic mass is 10.2. The molecule has 0 unspecified atom stereocenters. The van der Waals surface area contributed by atoms with E-state index in [2.05, 4.69) is 11.9 Å².